The minimum atomic E-state index is -0.490. The summed E-state index contributed by atoms with van der Waals surface area (Å²) < 4.78 is 10.3. The van der Waals surface area contributed by atoms with Gasteiger partial charge in [-0.1, -0.05) is 0 Å². The van der Waals surface area contributed by atoms with Crippen LogP contribution in [0, 0.1) is 0 Å². The molecule has 0 aliphatic carbocycles. The van der Waals surface area contributed by atoms with Crippen LogP contribution in [0.3, 0.4) is 0 Å². The Hall–Kier alpha value is -3.13. The molecule has 28 heavy (non-hydrogen) atoms. The highest BCUT2D eigenvalue weighted by atomic mass is 16.5. The molecule has 2 aliphatic rings. The topological polar surface area (TPSA) is 83.3 Å². The molecule has 0 saturated carbocycles. The largest absolute Gasteiger partial charge is 0.497 e. The summed E-state index contributed by atoms with van der Waals surface area (Å²) in [6.45, 7) is 2.04. The predicted octanol–water partition coefficient (Wildman–Crippen LogP) is 1.38. The molecule has 0 N–H and O–H groups in total. The van der Waals surface area contributed by atoms with Gasteiger partial charge in [-0.3, -0.25) is 19.3 Å². The number of anilines is 1. The molecule has 0 unspecified atom stereocenters. The zero-order chi connectivity index (χ0) is 19.7. The van der Waals surface area contributed by atoms with Crippen LogP contribution in [0.1, 0.15) is 17.0 Å². The number of amides is 3. The highest BCUT2D eigenvalue weighted by Gasteiger charge is 2.43. The number of methoxy groups -OCH3 is 1. The number of furan rings is 1. The van der Waals surface area contributed by atoms with Crippen LogP contribution in [-0.4, -0.2) is 66.9 Å². The van der Waals surface area contributed by atoms with Crippen LogP contribution in [0.25, 0.3) is 0 Å². The van der Waals surface area contributed by atoms with E-state index in [9.17, 15) is 14.4 Å². The second-order valence-electron chi connectivity index (χ2n) is 6.79. The standard InChI is InChI=1S/C20H21N3O5/c1-27-15-6-4-14(5-7-15)23-18(24)13-16(19(23)25)21-8-10-22(11-9-21)20(26)17-3-2-12-28-17/h2-7,12,16H,8-11,13H2,1H3/t16-/m0/s1. The van der Waals surface area contributed by atoms with Gasteiger partial charge in [0.2, 0.25) is 5.91 Å². The summed E-state index contributed by atoms with van der Waals surface area (Å²) in [5.41, 5.74) is 0.546. The lowest BCUT2D eigenvalue weighted by molar-refractivity contribution is -0.123. The van der Waals surface area contributed by atoms with Gasteiger partial charge in [0, 0.05) is 26.2 Å². The molecule has 2 aromatic rings. The Morgan fingerprint density at radius 3 is 2.39 bits per heavy atom. The van der Waals surface area contributed by atoms with Crippen LogP contribution in [0.15, 0.2) is 47.1 Å². The molecule has 0 radical (unpaired) electrons. The number of carbonyl (C=O) groups is 3. The quantitative estimate of drug-likeness (QED) is 0.742. The first-order chi connectivity index (χ1) is 13.6. The second-order valence-corrected chi connectivity index (χ2v) is 6.79. The van der Waals surface area contributed by atoms with E-state index in [0.717, 1.165) is 0 Å². The molecule has 2 aliphatic heterocycles. The Morgan fingerprint density at radius 1 is 1.07 bits per heavy atom. The number of benzene rings is 1. The van der Waals surface area contributed by atoms with Crippen molar-refractivity contribution in [3.05, 3.63) is 48.4 Å². The molecule has 1 aromatic carbocycles. The summed E-state index contributed by atoms with van der Waals surface area (Å²) in [4.78, 5) is 42.7. The molecule has 3 heterocycles. The van der Waals surface area contributed by atoms with Crippen molar-refractivity contribution in [2.24, 2.45) is 0 Å². The molecule has 2 saturated heterocycles. The fourth-order valence-corrected chi connectivity index (χ4v) is 3.70. The Kier molecular flexibility index (Phi) is 4.87. The molecule has 2 fully saturated rings. The van der Waals surface area contributed by atoms with E-state index in [0.29, 0.717) is 43.4 Å². The average molecular weight is 383 g/mol. The number of ether oxygens (including phenoxy) is 1. The minimum absolute atomic E-state index is 0.150. The molecule has 0 spiro atoms. The van der Waals surface area contributed by atoms with Crippen LogP contribution >= 0.6 is 0 Å². The van der Waals surface area contributed by atoms with Gasteiger partial charge in [0.1, 0.15) is 5.75 Å². The third-order valence-corrected chi connectivity index (χ3v) is 5.23. The summed E-state index contributed by atoms with van der Waals surface area (Å²) in [5, 5.41) is 0. The lowest BCUT2D eigenvalue weighted by Gasteiger charge is -2.36. The molecule has 4 rings (SSSR count). The Balaban J connectivity index is 1.41. The monoisotopic (exact) mass is 383 g/mol. The van der Waals surface area contributed by atoms with Gasteiger partial charge in [0.25, 0.3) is 11.8 Å². The number of piperazine rings is 1. The van der Waals surface area contributed by atoms with Gasteiger partial charge in [0.15, 0.2) is 5.76 Å². The van der Waals surface area contributed by atoms with E-state index in [1.165, 1.54) is 11.2 Å². The molecular formula is C20H21N3O5. The zero-order valence-corrected chi connectivity index (χ0v) is 15.5. The summed E-state index contributed by atoms with van der Waals surface area (Å²) >= 11 is 0. The minimum Gasteiger partial charge on any atom is -0.497 e. The van der Waals surface area contributed by atoms with E-state index >= 15 is 0 Å². The van der Waals surface area contributed by atoms with E-state index in [2.05, 4.69) is 0 Å². The van der Waals surface area contributed by atoms with E-state index < -0.39 is 6.04 Å². The zero-order valence-electron chi connectivity index (χ0n) is 15.5. The van der Waals surface area contributed by atoms with Crippen molar-refractivity contribution in [2.75, 3.05) is 38.2 Å². The van der Waals surface area contributed by atoms with Gasteiger partial charge in [-0.2, -0.15) is 0 Å². The van der Waals surface area contributed by atoms with E-state index in [1.54, 1.807) is 48.4 Å². The first-order valence-corrected chi connectivity index (χ1v) is 9.16. The number of rotatable bonds is 4. The van der Waals surface area contributed by atoms with Crippen LogP contribution in [0.5, 0.6) is 5.75 Å². The predicted molar refractivity (Wildman–Crippen MR) is 100 cm³/mol. The van der Waals surface area contributed by atoms with Crippen molar-refractivity contribution >= 4 is 23.4 Å². The van der Waals surface area contributed by atoms with E-state index in [1.807, 2.05) is 4.90 Å². The van der Waals surface area contributed by atoms with Crippen LogP contribution < -0.4 is 9.64 Å². The summed E-state index contributed by atoms with van der Waals surface area (Å²) in [5.74, 6) is 0.386. The first kappa shape index (κ1) is 18.2. The number of carbonyl (C=O) groups excluding carboxylic acids is 3. The SMILES string of the molecule is COc1ccc(N2C(=O)C[C@H](N3CCN(C(=O)c4ccco4)CC3)C2=O)cc1. The number of imide groups is 1. The molecule has 146 valence electrons. The van der Waals surface area contributed by atoms with Gasteiger partial charge in [-0.05, 0) is 36.4 Å². The molecule has 1 aromatic heterocycles. The van der Waals surface area contributed by atoms with Gasteiger partial charge >= 0.3 is 0 Å². The van der Waals surface area contributed by atoms with Crippen molar-refractivity contribution in [1.82, 2.24) is 9.80 Å². The lowest BCUT2D eigenvalue weighted by atomic mass is 10.1. The van der Waals surface area contributed by atoms with Crippen molar-refractivity contribution in [3.63, 3.8) is 0 Å². The van der Waals surface area contributed by atoms with Crippen molar-refractivity contribution < 1.29 is 23.5 Å². The van der Waals surface area contributed by atoms with Gasteiger partial charge in [-0.15, -0.1) is 0 Å². The first-order valence-electron chi connectivity index (χ1n) is 9.16. The average Bonchev–Trinajstić information content (AvgIpc) is 3.36. The van der Waals surface area contributed by atoms with Crippen molar-refractivity contribution in [2.45, 2.75) is 12.5 Å². The fourth-order valence-electron chi connectivity index (χ4n) is 3.70. The third kappa shape index (κ3) is 3.27. The number of nitrogens with zero attached hydrogens (tertiary/aromatic N) is 3. The Bertz CT molecular complexity index is 870. The van der Waals surface area contributed by atoms with Crippen LogP contribution in [0.2, 0.25) is 0 Å². The van der Waals surface area contributed by atoms with E-state index in [-0.39, 0.29) is 24.1 Å². The Labute approximate surface area is 162 Å². The highest BCUT2D eigenvalue weighted by Crippen LogP contribution is 2.28. The Morgan fingerprint density at radius 2 is 1.79 bits per heavy atom. The summed E-state index contributed by atoms with van der Waals surface area (Å²) in [6, 6.07) is 9.69. The molecule has 1 atom stereocenters. The van der Waals surface area contributed by atoms with Gasteiger partial charge in [0.05, 0.1) is 31.5 Å². The maximum atomic E-state index is 12.9. The maximum Gasteiger partial charge on any atom is 0.289 e. The van der Waals surface area contributed by atoms with Crippen LogP contribution in [-0.2, 0) is 9.59 Å². The van der Waals surface area contributed by atoms with Gasteiger partial charge < -0.3 is 14.1 Å². The van der Waals surface area contributed by atoms with E-state index in [4.69, 9.17) is 9.15 Å². The second kappa shape index (κ2) is 7.47. The summed E-state index contributed by atoms with van der Waals surface area (Å²) in [6.07, 6.45) is 1.62. The van der Waals surface area contributed by atoms with Crippen molar-refractivity contribution in [1.29, 1.82) is 0 Å². The molecule has 8 heteroatoms. The molecule has 8 nitrogen and oxygen atoms in total. The number of hydrogen-bond acceptors (Lipinski definition) is 6. The third-order valence-electron chi connectivity index (χ3n) is 5.23. The molecular weight excluding hydrogens is 362 g/mol. The van der Waals surface area contributed by atoms with Crippen LogP contribution in [0.4, 0.5) is 5.69 Å². The summed E-state index contributed by atoms with van der Waals surface area (Å²) in [7, 11) is 1.56. The fraction of sp³-hybridized carbons (Fsp3) is 0.350. The van der Waals surface area contributed by atoms with Gasteiger partial charge in [-0.25, -0.2) is 4.90 Å². The normalized spacial score (nSPS) is 20.7. The maximum absolute atomic E-state index is 12.9. The van der Waals surface area contributed by atoms with Crippen molar-refractivity contribution in [3.8, 4) is 5.75 Å². The highest BCUT2D eigenvalue weighted by molar-refractivity contribution is 6.22. The lowest BCUT2D eigenvalue weighted by Crippen LogP contribution is -2.53. The number of hydrogen-bond donors (Lipinski definition) is 0. The smallest absolute Gasteiger partial charge is 0.289 e. The molecule has 0 bridgehead atoms. The molecule has 3 amide bonds.